The Morgan fingerprint density at radius 1 is 1.15 bits per heavy atom. The van der Waals surface area contributed by atoms with Gasteiger partial charge >= 0.3 is 6.18 Å². The van der Waals surface area contributed by atoms with Gasteiger partial charge < -0.3 is 4.90 Å². The summed E-state index contributed by atoms with van der Waals surface area (Å²) in [5.41, 5.74) is -0.310. The molecule has 0 spiro atoms. The average Bonchev–Trinajstić information content (AvgIpc) is 3.26. The fraction of sp³-hybridized carbons (Fsp3) is 0.333. The zero-order valence-electron chi connectivity index (χ0n) is 18.8. The minimum atomic E-state index is -4.54. The zero-order valence-corrected chi connectivity index (χ0v) is 19.7. The van der Waals surface area contributed by atoms with Crippen LogP contribution in [0.25, 0.3) is 10.9 Å². The normalized spacial score (nSPS) is 15.9. The van der Waals surface area contributed by atoms with Crippen LogP contribution in [0.5, 0.6) is 0 Å². The standard InChI is InChI=1S/C24H22F3N5OS/c1-4-15-6-7-17(13-19(15)24(25,26)27)31-21(33)23(2,3)32(22(31)34)18-8-9-20-16(12-18)14-30(29-20)11-5-10-28/h6-9,12-14H,4-5,11H2,1-3H3. The first-order chi connectivity index (χ1) is 16.0. The van der Waals surface area contributed by atoms with E-state index in [1.54, 1.807) is 48.7 Å². The van der Waals surface area contributed by atoms with Crippen LogP contribution in [0.3, 0.4) is 0 Å². The van der Waals surface area contributed by atoms with Crippen LogP contribution in [0.2, 0.25) is 0 Å². The SMILES string of the molecule is CCc1ccc(N2C(=O)C(C)(C)N(c3ccc4nn(CCC#N)cc4c3)C2=S)cc1C(F)(F)F. The molecule has 10 heteroatoms. The number of carbonyl (C=O) groups excluding carboxylic acids is 1. The molecule has 4 rings (SSSR count). The molecule has 6 nitrogen and oxygen atoms in total. The Kier molecular flexibility index (Phi) is 5.85. The molecule has 0 unspecified atom stereocenters. The number of anilines is 2. The smallest absolute Gasteiger partial charge is 0.304 e. The van der Waals surface area contributed by atoms with E-state index in [1.807, 2.05) is 6.07 Å². The van der Waals surface area contributed by atoms with Crippen molar-refractivity contribution in [3.8, 4) is 6.07 Å². The van der Waals surface area contributed by atoms with Crippen molar-refractivity contribution in [1.29, 1.82) is 5.26 Å². The molecule has 0 bridgehead atoms. The lowest BCUT2D eigenvalue weighted by atomic mass is 10.0. The molecule has 0 N–H and O–H groups in total. The third-order valence-electron chi connectivity index (χ3n) is 5.95. The number of halogens is 3. The maximum absolute atomic E-state index is 13.6. The van der Waals surface area contributed by atoms with E-state index in [4.69, 9.17) is 17.5 Å². The van der Waals surface area contributed by atoms with Crippen LogP contribution < -0.4 is 9.80 Å². The van der Waals surface area contributed by atoms with Gasteiger partial charge in [0.2, 0.25) is 0 Å². The molecule has 3 aromatic rings. The van der Waals surface area contributed by atoms with E-state index in [0.29, 0.717) is 18.7 Å². The molecular formula is C24H22F3N5OS. The van der Waals surface area contributed by atoms with Gasteiger partial charge in [-0.05, 0) is 68.4 Å². The van der Waals surface area contributed by atoms with Crippen molar-refractivity contribution in [2.75, 3.05) is 9.80 Å². The minimum absolute atomic E-state index is 0.0838. The van der Waals surface area contributed by atoms with Crippen molar-refractivity contribution in [2.24, 2.45) is 0 Å². The van der Waals surface area contributed by atoms with E-state index in [1.165, 1.54) is 17.0 Å². The number of fused-ring (bicyclic) bond motifs is 1. The van der Waals surface area contributed by atoms with E-state index >= 15 is 0 Å². The number of hydrogen-bond donors (Lipinski definition) is 0. The predicted octanol–water partition coefficient (Wildman–Crippen LogP) is 5.45. The van der Waals surface area contributed by atoms with Crippen molar-refractivity contribution in [3.63, 3.8) is 0 Å². The molecule has 1 fully saturated rings. The Bertz CT molecular complexity index is 1340. The molecule has 1 saturated heterocycles. The number of amides is 1. The molecule has 0 atom stereocenters. The van der Waals surface area contributed by atoms with Gasteiger partial charge in [-0.25, -0.2) is 0 Å². The number of alkyl halides is 3. The number of benzene rings is 2. The molecule has 2 heterocycles. The fourth-order valence-electron chi connectivity index (χ4n) is 4.21. The lowest BCUT2D eigenvalue weighted by Gasteiger charge is -2.29. The number of aryl methyl sites for hydroxylation is 2. The van der Waals surface area contributed by atoms with Crippen LogP contribution in [0, 0.1) is 11.3 Å². The number of rotatable bonds is 5. The number of hydrogen-bond acceptors (Lipinski definition) is 4. The average molecular weight is 486 g/mol. The number of nitrogens with zero attached hydrogens (tertiary/aromatic N) is 5. The van der Waals surface area contributed by atoms with Crippen LogP contribution >= 0.6 is 12.2 Å². The molecular weight excluding hydrogens is 463 g/mol. The number of nitriles is 1. The molecule has 1 aliphatic rings. The van der Waals surface area contributed by atoms with Crippen LogP contribution in [-0.4, -0.2) is 26.3 Å². The Morgan fingerprint density at radius 2 is 1.85 bits per heavy atom. The van der Waals surface area contributed by atoms with Crippen molar-refractivity contribution in [1.82, 2.24) is 9.78 Å². The Morgan fingerprint density at radius 3 is 2.50 bits per heavy atom. The van der Waals surface area contributed by atoms with Gasteiger partial charge in [-0.1, -0.05) is 13.0 Å². The lowest BCUT2D eigenvalue weighted by molar-refractivity contribution is -0.138. The van der Waals surface area contributed by atoms with Gasteiger partial charge in [0.1, 0.15) is 5.54 Å². The van der Waals surface area contributed by atoms with E-state index in [0.717, 1.165) is 17.0 Å². The second-order valence-corrected chi connectivity index (χ2v) is 8.92. The van der Waals surface area contributed by atoms with E-state index in [-0.39, 0.29) is 22.8 Å². The summed E-state index contributed by atoms with van der Waals surface area (Å²) in [4.78, 5) is 16.2. The third kappa shape index (κ3) is 3.90. The highest BCUT2D eigenvalue weighted by molar-refractivity contribution is 7.81. The van der Waals surface area contributed by atoms with E-state index < -0.39 is 23.2 Å². The van der Waals surface area contributed by atoms with Gasteiger partial charge in [-0.15, -0.1) is 0 Å². The fourth-order valence-corrected chi connectivity index (χ4v) is 4.74. The van der Waals surface area contributed by atoms with Gasteiger partial charge in [-0.3, -0.25) is 14.4 Å². The van der Waals surface area contributed by atoms with Gasteiger partial charge in [-0.2, -0.15) is 23.5 Å². The topological polar surface area (TPSA) is 65.2 Å². The van der Waals surface area contributed by atoms with Gasteiger partial charge in [0.25, 0.3) is 5.91 Å². The van der Waals surface area contributed by atoms with Crippen molar-refractivity contribution in [3.05, 3.63) is 53.7 Å². The van der Waals surface area contributed by atoms with Crippen molar-refractivity contribution >= 4 is 45.5 Å². The van der Waals surface area contributed by atoms with Crippen LogP contribution in [0.4, 0.5) is 24.5 Å². The first kappa shape index (κ1) is 23.7. The van der Waals surface area contributed by atoms with E-state index in [2.05, 4.69) is 11.2 Å². The summed E-state index contributed by atoms with van der Waals surface area (Å²) < 4.78 is 42.6. The van der Waals surface area contributed by atoms with Crippen molar-refractivity contribution in [2.45, 2.75) is 51.9 Å². The second-order valence-electron chi connectivity index (χ2n) is 8.55. The van der Waals surface area contributed by atoms with Gasteiger partial charge in [0.15, 0.2) is 5.11 Å². The highest BCUT2D eigenvalue weighted by Gasteiger charge is 2.50. The minimum Gasteiger partial charge on any atom is -0.304 e. The summed E-state index contributed by atoms with van der Waals surface area (Å²) in [5.74, 6) is -0.417. The summed E-state index contributed by atoms with van der Waals surface area (Å²) in [6.07, 6.45) is -2.20. The zero-order chi connectivity index (χ0) is 24.8. The first-order valence-electron chi connectivity index (χ1n) is 10.7. The molecule has 2 aromatic carbocycles. The van der Waals surface area contributed by atoms with E-state index in [9.17, 15) is 18.0 Å². The summed E-state index contributed by atoms with van der Waals surface area (Å²) in [6.45, 7) is 5.48. The maximum Gasteiger partial charge on any atom is 0.416 e. The largest absolute Gasteiger partial charge is 0.416 e. The molecule has 1 aliphatic heterocycles. The highest BCUT2D eigenvalue weighted by atomic mass is 32.1. The predicted molar refractivity (Wildman–Crippen MR) is 127 cm³/mol. The Labute approximate surface area is 200 Å². The number of carbonyl (C=O) groups is 1. The second kappa shape index (κ2) is 8.40. The monoisotopic (exact) mass is 485 g/mol. The molecule has 0 aliphatic carbocycles. The summed E-state index contributed by atoms with van der Waals surface area (Å²) in [5, 5.41) is 14.1. The number of aromatic nitrogens is 2. The summed E-state index contributed by atoms with van der Waals surface area (Å²) in [6, 6.07) is 11.4. The molecule has 34 heavy (non-hydrogen) atoms. The lowest BCUT2D eigenvalue weighted by Crippen LogP contribution is -2.44. The Balaban J connectivity index is 1.75. The van der Waals surface area contributed by atoms with Gasteiger partial charge in [0, 0.05) is 17.3 Å². The van der Waals surface area contributed by atoms with Crippen LogP contribution in [-0.2, 0) is 23.9 Å². The molecule has 176 valence electrons. The van der Waals surface area contributed by atoms with Crippen LogP contribution in [0.15, 0.2) is 42.6 Å². The van der Waals surface area contributed by atoms with Crippen LogP contribution in [0.1, 0.15) is 38.3 Å². The quantitative estimate of drug-likeness (QED) is 0.450. The molecule has 1 amide bonds. The summed E-state index contributed by atoms with van der Waals surface area (Å²) in [7, 11) is 0. The van der Waals surface area contributed by atoms with Crippen molar-refractivity contribution < 1.29 is 18.0 Å². The Hall–Kier alpha value is -3.45. The summed E-state index contributed by atoms with van der Waals surface area (Å²) >= 11 is 5.63. The molecule has 0 saturated carbocycles. The molecule has 0 radical (unpaired) electrons. The van der Waals surface area contributed by atoms with Gasteiger partial charge in [0.05, 0.1) is 35.8 Å². The number of thiocarbonyl (C=S) groups is 1. The third-order valence-corrected chi connectivity index (χ3v) is 6.32. The highest BCUT2D eigenvalue weighted by Crippen LogP contribution is 2.40. The first-order valence-corrected chi connectivity index (χ1v) is 11.1. The maximum atomic E-state index is 13.6. The molecule has 1 aromatic heterocycles.